The van der Waals surface area contributed by atoms with Gasteiger partial charge in [-0.05, 0) is 44.0 Å². The van der Waals surface area contributed by atoms with Crippen molar-refractivity contribution in [3.63, 3.8) is 0 Å². The third-order valence-corrected chi connectivity index (χ3v) is 2.87. The topological polar surface area (TPSA) is 76.7 Å². The van der Waals surface area contributed by atoms with Crippen molar-refractivity contribution < 1.29 is 19.1 Å². The first-order valence-electron chi connectivity index (χ1n) is 6.90. The molecule has 6 nitrogen and oxygen atoms in total. The largest absolute Gasteiger partial charge is 0.473 e. The van der Waals surface area contributed by atoms with Crippen LogP contribution in [0.1, 0.15) is 24.5 Å². The molecule has 0 aliphatic rings. The van der Waals surface area contributed by atoms with Crippen LogP contribution in [-0.4, -0.2) is 31.9 Å². The molecule has 2 amide bonds. The summed E-state index contributed by atoms with van der Waals surface area (Å²) in [5.74, 6) is 0.370. The van der Waals surface area contributed by atoms with E-state index in [9.17, 15) is 9.59 Å². The van der Waals surface area contributed by atoms with E-state index in [2.05, 4.69) is 10.6 Å². The number of esters is 1. The highest BCUT2D eigenvalue weighted by molar-refractivity contribution is 5.75. The van der Waals surface area contributed by atoms with Crippen molar-refractivity contribution in [3.8, 4) is 5.75 Å². The lowest BCUT2D eigenvalue weighted by molar-refractivity contribution is -0.142. The number of amides is 2. The molecule has 0 heterocycles. The minimum Gasteiger partial charge on any atom is -0.473 e. The zero-order chi connectivity index (χ0) is 15.7. The smallest absolute Gasteiger partial charge is 0.317 e. The summed E-state index contributed by atoms with van der Waals surface area (Å²) in [5, 5.41) is 5.09. The number of hydrogen-bond donors (Lipinski definition) is 2. The van der Waals surface area contributed by atoms with Gasteiger partial charge >= 0.3 is 12.0 Å². The molecule has 0 saturated carbocycles. The Hall–Kier alpha value is -2.24. The first-order chi connectivity index (χ1) is 10.0. The van der Waals surface area contributed by atoms with Gasteiger partial charge in [0.25, 0.3) is 0 Å². The van der Waals surface area contributed by atoms with E-state index in [1.54, 1.807) is 6.92 Å². The number of carbonyl (C=O) groups is 2. The molecule has 0 radical (unpaired) electrons. The fourth-order valence-corrected chi connectivity index (χ4v) is 1.56. The second-order valence-corrected chi connectivity index (χ2v) is 4.52. The summed E-state index contributed by atoms with van der Waals surface area (Å²) in [7, 11) is 0. The van der Waals surface area contributed by atoms with E-state index in [1.807, 2.05) is 32.0 Å². The molecular weight excluding hydrogens is 272 g/mol. The number of rotatable bonds is 7. The highest BCUT2D eigenvalue weighted by Gasteiger charge is 2.04. The molecular formula is C15H22N2O4. The molecule has 1 aromatic carbocycles. The van der Waals surface area contributed by atoms with Crippen LogP contribution in [0.4, 0.5) is 4.79 Å². The summed E-state index contributed by atoms with van der Waals surface area (Å²) in [6.45, 7) is 6.39. The molecule has 0 bridgehead atoms. The lowest BCUT2D eigenvalue weighted by Crippen LogP contribution is -2.38. The number of nitrogens with one attached hydrogen (secondary N) is 2. The molecule has 21 heavy (non-hydrogen) atoms. The number of carbonyl (C=O) groups excluding carboxylic acids is 2. The zero-order valence-electron chi connectivity index (χ0n) is 12.7. The van der Waals surface area contributed by atoms with Gasteiger partial charge in [0.05, 0.1) is 13.0 Å². The Labute approximate surface area is 124 Å². The van der Waals surface area contributed by atoms with Gasteiger partial charge in [0.2, 0.25) is 0 Å². The molecule has 2 N–H and O–H groups in total. The van der Waals surface area contributed by atoms with Crippen molar-refractivity contribution in [2.45, 2.75) is 27.2 Å². The van der Waals surface area contributed by atoms with E-state index in [0.717, 1.165) is 5.56 Å². The first-order valence-corrected chi connectivity index (χ1v) is 6.90. The van der Waals surface area contributed by atoms with Gasteiger partial charge in [-0.1, -0.05) is 6.07 Å². The zero-order valence-corrected chi connectivity index (χ0v) is 12.7. The van der Waals surface area contributed by atoms with E-state index >= 15 is 0 Å². The summed E-state index contributed by atoms with van der Waals surface area (Å²) < 4.78 is 10.2. The van der Waals surface area contributed by atoms with Gasteiger partial charge in [-0.15, -0.1) is 0 Å². The monoisotopic (exact) mass is 294 g/mol. The lowest BCUT2D eigenvalue weighted by atomic mass is 10.1. The Morgan fingerprint density at radius 1 is 1.14 bits per heavy atom. The highest BCUT2D eigenvalue weighted by atomic mass is 16.5. The van der Waals surface area contributed by atoms with Crippen molar-refractivity contribution in [1.82, 2.24) is 10.6 Å². The Bertz CT molecular complexity index is 489. The lowest BCUT2D eigenvalue weighted by Gasteiger charge is -2.10. The number of benzene rings is 1. The summed E-state index contributed by atoms with van der Waals surface area (Å²) in [6, 6.07) is 5.34. The first kappa shape index (κ1) is 16.8. The average molecular weight is 294 g/mol. The molecule has 0 unspecified atom stereocenters. The summed E-state index contributed by atoms with van der Waals surface area (Å²) in [5.41, 5.74) is 2.32. The Balaban J connectivity index is 2.18. The number of urea groups is 1. The van der Waals surface area contributed by atoms with Gasteiger partial charge in [0.1, 0.15) is 5.75 Å². The van der Waals surface area contributed by atoms with Gasteiger partial charge in [-0.25, -0.2) is 4.79 Å². The molecule has 0 spiro atoms. The third-order valence-electron chi connectivity index (χ3n) is 2.87. The Morgan fingerprint density at radius 2 is 1.90 bits per heavy atom. The average Bonchev–Trinajstić information content (AvgIpc) is 2.43. The summed E-state index contributed by atoms with van der Waals surface area (Å²) in [4.78, 5) is 22.5. The van der Waals surface area contributed by atoms with Crippen LogP contribution in [0.25, 0.3) is 0 Å². The molecule has 1 rings (SSSR count). The fourth-order valence-electron chi connectivity index (χ4n) is 1.56. The fraction of sp³-hybridized carbons (Fsp3) is 0.467. The molecule has 0 aromatic heterocycles. The van der Waals surface area contributed by atoms with Crippen LogP contribution in [0.3, 0.4) is 0 Å². The van der Waals surface area contributed by atoms with Gasteiger partial charge in [-0.3, -0.25) is 4.79 Å². The van der Waals surface area contributed by atoms with Crippen molar-refractivity contribution in [2.24, 2.45) is 0 Å². The van der Waals surface area contributed by atoms with Crippen molar-refractivity contribution in [2.75, 3.05) is 19.9 Å². The Morgan fingerprint density at radius 3 is 2.57 bits per heavy atom. The van der Waals surface area contributed by atoms with E-state index in [-0.39, 0.29) is 31.7 Å². The van der Waals surface area contributed by atoms with E-state index in [0.29, 0.717) is 12.4 Å². The van der Waals surface area contributed by atoms with Crippen LogP contribution in [0.15, 0.2) is 18.2 Å². The third kappa shape index (κ3) is 6.65. The van der Waals surface area contributed by atoms with Gasteiger partial charge in [0.15, 0.2) is 6.73 Å². The minimum absolute atomic E-state index is 0.0632. The van der Waals surface area contributed by atoms with Gasteiger partial charge in [-0.2, -0.15) is 0 Å². The van der Waals surface area contributed by atoms with Gasteiger partial charge in [0, 0.05) is 6.54 Å². The summed E-state index contributed by atoms with van der Waals surface area (Å²) in [6.07, 6.45) is 0.152. The molecule has 0 atom stereocenters. The van der Waals surface area contributed by atoms with E-state index < -0.39 is 0 Å². The molecule has 116 valence electrons. The van der Waals surface area contributed by atoms with E-state index in [4.69, 9.17) is 9.47 Å². The van der Waals surface area contributed by atoms with Crippen LogP contribution in [0, 0.1) is 13.8 Å². The predicted octanol–water partition coefficient (Wildman–Crippen LogP) is 1.89. The maximum Gasteiger partial charge on any atom is 0.317 e. The molecule has 0 aliphatic heterocycles. The van der Waals surface area contributed by atoms with E-state index in [1.165, 1.54) is 5.56 Å². The molecule has 0 saturated heterocycles. The molecule has 6 heteroatoms. The maximum atomic E-state index is 11.4. The summed E-state index contributed by atoms with van der Waals surface area (Å²) >= 11 is 0. The van der Waals surface area contributed by atoms with Crippen LogP contribution in [0.2, 0.25) is 0 Å². The van der Waals surface area contributed by atoms with Crippen molar-refractivity contribution >= 4 is 12.0 Å². The Kier molecular flexibility index (Phi) is 7.08. The highest BCUT2D eigenvalue weighted by Crippen LogP contribution is 2.15. The quantitative estimate of drug-likeness (QED) is 0.595. The van der Waals surface area contributed by atoms with Crippen LogP contribution in [0.5, 0.6) is 5.75 Å². The maximum absolute atomic E-state index is 11.4. The molecule has 0 fully saturated rings. The van der Waals surface area contributed by atoms with Crippen LogP contribution < -0.4 is 15.4 Å². The minimum atomic E-state index is -0.386. The SMILES string of the molecule is CCOC(=O)CCNC(=O)NCOc1ccc(C)c(C)c1. The number of aryl methyl sites for hydroxylation is 2. The second kappa shape index (κ2) is 8.84. The molecule has 0 aliphatic carbocycles. The van der Waals surface area contributed by atoms with Crippen LogP contribution in [-0.2, 0) is 9.53 Å². The standard InChI is InChI=1S/C15H22N2O4/c1-4-20-14(18)7-8-16-15(19)17-10-21-13-6-5-11(2)12(3)9-13/h5-6,9H,4,7-8,10H2,1-3H3,(H2,16,17,19). The second-order valence-electron chi connectivity index (χ2n) is 4.52. The number of ether oxygens (including phenoxy) is 2. The van der Waals surface area contributed by atoms with Crippen molar-refractivity contribution in [1.29, 1.82) is 0 Å². The van der Waals surface area contributed by atoms with Crippen molar-refractivity contribution in [3.05, 3.63) is 29.3 Å². The van der Waals surface area contributed by atoms with Gasteiger partial charge < -0.3 is 20.1 Å². The molecule has 1 aromatic rings. The van der Waals surface area contributed by atoms with Crippen LogP contribution >= 0.6 is 0 Å². The predicted molar refractivity (Wildman–Crippen MR) is 79.2 cm³/mol. The number of hydrogen-bond acceptors (Lipinski definition) is 4. The normalized spacial score (nSPS) is 9.86.